The molecule has 0 fully saturated rings. The average Bonchev–Trinajstić information content (AvgIpc) is 2.19. The third-order valence-electron chi connectivity index (χ3n) is 2.61. The van der Waals surface area contributed by atoms with E-state index in [9.17, 15) is 18.0 Å². The van der Waals surface area contributed by atoms with Gasteiger partial charge >= 0.3 is 5.97 Å². The van der Waals surface area contributed by atoms with E-state index < -0.39 is 39.2 Å². The fourth-order valence-corrected chi connectivity index (χ4v) is 1.91. The highest BCUT2D eigenvalue weighted by molar-refractivity contribution is 7.90. The Balaban J connectivity index is 4.69. The summed E-state index contributed by atoms with van der Waals surface area (Å²) in [6, 6.07) is -2.12. The maximum absolute atomic E-state index is 11.8. The molecule has 0 aromatic heterocycles. The van der Waals surface area contributed by atoms with Crippen molar-refractivity contribution in [1.29, 1.82) is 0 Å². The number of carboxylic acid groups (broad SMARTS) is 1. The summed E-state index contributed by atoms with van der Waals surface area (Å²) in [6.07, 6.45) is 0.825. The number of carboxylic acids is 1. The predicted octanol–water partition coefficient (Wildman–Crippen LogP) is -0.636. The number of nitrogens with two attached hydrogens (primary N) is 1. The van der Waals surface area contributed by atoms with Gasteiger partial charge < -0.3 is 16.2 Å². The monoisotopic (exact) mass is 294 g/mol. The first-order chi connectivity index (χ1) is 8.34. The van der Waals surface area contributed by atoms with Gasteiger partial charge in [-0.15, -0.1) is 0 Å². The summed E-state index contributed by atoms with van der Waals surface area (Å²) < 4.78 is 22.0. The zero-order chi connectivity index (χ0) is 15.4. The lowest BCUT2D eigenvalue weighted by Gasteiger charge is -2.27. The number of rotatable bonds is 6. The molecule has 1 unspecified atom stereocenters. The lowest BCUT2D eigenvalue weighted by Crippen LogP contribution is -2.53. The molecule has 19 heavy (non-hydrogen) atoms. The predicted molar refractivity (Wildman–Crippen MR) is 71.3 cm³/mol. The molecule has 0 heterocycles. The second kappa shape index (κ2) is 6.33. The van der Waals surface area contributed by atoms with E-state index in [2.05, 4.69) is 5.32 Å². The molecule has 4 N–H and O–H groups in total. The van der Waals surface area contributed by atoms with Gasteiger partial charge in [0.1, 0.15) is 15.9 Å². The summed E-state index contributed by atoms with van der Waals surface area (Å²) >= 11 is 0. The number of sulfone groups is 1. The number of amides is 1. The molecule has 0 spiro atoms. The summed E-state index contributed by atoms with van der Waals surface area (Å²) in [5, 5.41) is 11.2. The van der Waals surface area contributed by atoms with Gasteiger partial charge in [0.25, 0.3) is 0 Å². The third-order valence-corrected chi connectivity index (χ3v) is 3.58. The van der Waals surface area contributed by atoms with E-state index in [-0.39, 0.29) is 12.2 Å². The zero-order valence-electron chi connectivity index (χ0n) is 11.6. The highest BCUT2D eigenvalue weighted by Gasteiger charge is 2.30. The molecule has 0 aromatic rings. The van der Waals surface area contributed by atoms with E-state index in [4.69, 9.17) is 10.8 Å². The van der Waals surface area contributed by atoms with Gasteiger partial charge in [0.15, 0.2) is 0 Å². The highest BCUT2D eigenvalue weighted by atomic mass is 32.2. The topological polar surface area (TPSA) is 127 Å². The standard InChI is InChI=1S/C11H22N2O5S/c1-11(2,3)8(12)9(14)13-7(10(15)16)5-6-19(4,17)18/h7-8H,5-6,12H2,1-4H3,(H,13,14)(H,15,16)/t7?,8-/m0/s1. The van der Waals surface area contributed by atoms with Gasteiger partial charge in [-0.1, -0.05) is 20.8 Å². The molecule has 1 amide bonds. The molecular formula is C11H22N2O5S. The summed E-state index contributed by atoms with van der Waals surface area (Å²) in [5.74, 6) is -2.19. The highest BCUT2D eigenvalue weighted by Crippen LogP contribution is 2.17. The molecule has 0 aliphatic carbocycles. The van der Waals surface area contributed by atoms with Crippen LogP contribution in [0, 0.1) is 5.41 Å². The molecule has 0 radical (unpaired) electrons. The fraction of sp³-hybridized carbons (Fsp3) is 0.818. The van der Waals surface area contributed by atoms with Crippen LogP contribution in [0.25, 0.3) is 0 Å². The van der Waals surface area contributed by atoms with Crippen molar-refractivity contribution >= 4 is 21.7 Å². The summed E-state index contributed by atoms with van der Waals surface area (Å²) in [4.78, 5) is 22.8. The Morgan fingerprint density at radius 2 is 1.79 bits per heavy atom. The van der Waals surface area contributed by atoms with Gasteiger partial charge in [-0.05, 0) is 11.8 Å². The van der Waals surface area contributed by atoms with Gasteiger partial charge in [-0.2, -0.15) is 0 Å². The molecule has 0 saturated carbocycles. The Hall–Kier alpha value is -1.15. The van der Waals surface area contributed by atoms with E-state index in [1.165, 1.54) is 0 Å². The molecule has 0 saturated heterocycles. The van der Waals surface area contributed by atoms with Crippen LogP contribution in [0.5, 0.6) is 0 Å². The van der Waals surface area contributed by atoms with Crippen molar-refractivity contribution in [2.75, 3.05) is 12.0 Å². The summed E-state index contributed by atoms with van der Waals surface area (Å²) in [5.41, 5.74) is 5.19. The van der Waals surface area contributed by atoms with Gasteiger partial charge in [0.2, 0.25) is 5.91 Å². The molecule has 0 bridgehead atoms. The van der Waals surface area contributed by atoms with E-state index in [1.807, 2.05) is 0 Å². The number of aliphatic carboxylic acids is 1. The van der Waals surface area contributed by atoms with E-state index in [0.29, 0.717) is 0 Å². The molecular weight excluding hydrogens is 272 g/mol. The minimum absolute atomic E-state index is 0.184. The molecule has 0 aromatic carbocycles. The van der Waals surface area contributed by atoms with Crippen molar-refractivity contribution in [3.05, 3.63) is 0 Å². The van der Waals surface area contributed by atoms with Crippen LogP contribution in [0.3, 0.4) is 0 Å². The first-order valence-corrected chi connectivity index (χ1v) is 7.87. The molecule has 0 aliphatic rings. The Bertz CT molecular complexity index is 438. The van der Waals surface area contributed by atoms with Crippen molar-refractivity contribution in [1.82, 2.24) is 5.32 Å². The largest absolute Gasteiger partial charge is 0.480 e. The Morgan fingerprint density at radius 1 is 1.32 bits per heavy atom. The van der Waals surface area contributed by atoms with Crippen LogP contribution < -0.4 is 11.1 Å². The number of hydrogen-bond acceptors (Lipinski definition) is 5. The first-order valence-electron chi connectivity index (χ1n) is 5.81. The average molecular weight is 294 g/mol. The van der Waals surface area contributed by atoms with Crippen molar-refractivity contribution < 1.29 is 23.1 Å². The van der Waals surface area contributed by atoms with Gasteiger partial charge in [0.05, 0.1) is 11.8 Å². The second-order valence-corrected chi connectivity index (χ2v) is 7.92. The number of nitrogens with one attached hydrogen (secondary N) is 1. The van der Waals surface area contributed by atoms with Crippen LogP contribution in [0.15, 0.2) is 0 Å². The fourth-order valence-electron chi connectivity index (χ4n) is 1.24. The second-order valence-electron chi connectivity index (χ2n) is 5.66. The van der Waals surface area contributed by atoms with Crippen LogP contribution in [-0.4, -0.2) is 49.5 Å². The van der Waals surface area contributed by atoms with Crippen molar-refractivity contribution in [3.63, 3.8) is 0 Å². The quantitative estimate of drug-likeness (QED) is 0.598. The van der Waals surface area contributed by atoms with Crippen molar-refractivity contribution in [2.24, 2.45) is 11.1 Å². The summed E-state index contributed by atoms with van der Waals surface area (Å²) in [7, 11) is -3.28. The smallest absolute Gasteiger partial charge is 0.326 e. The molecule has 0 aliphatic heterocycles. The Kier molecular flexibility index (Phi) is 5.95. The lowest BCUT2D eigenvalue weighted by atomic mass is 9.87. The maximum Gasteiger partial charge on any atom is 0.326 e. The molecule has 0 rings (SSSR count). The van der Waals surface area contributed by atoms with Crippen molar-refractivity contribution in [2.45, 2.75) is 39.3 Å². The number of hydrogen-bond donors (Lipinski definition) is 3. The van der Waals surface area contributed by atoms with Crippen LogP contribution in [-0.2, 0) is 19.4 Å². The maximum atomic E-state index is 11.8. The third kappa shape index (κ3) is 7.12. The van der Waals surface area contributed by atoms with Crippen LogP contribution in [0.2, 0.25) is 0 Å². The molecule has 7 nitrogen and oxygen atoms in total. The van der Waals surface area contributed by atoms with Crippen LogP contribution in [0.4, 0.5) is 0 Å². The van der Waals surface area contributed by atoms with Gasteiger partial charge in [0, 0.05) is 6.26 Å². The van der Waals surface area contributed by atoms with E-state index in [1.54, 1.807) is 20.8 Å². The number of carbonyl (C=O) groups is 2. The van der Waals surface area contributed by atoms with E-state index >= 15 is 0 Å². The Labute approximate surface area is 113 Å². The van der Waals surface area contributed by atoms with Gasteiger partial charge in [-0.25, -0.2) is 13.2 Å². The zero-order valence-corrected chi connectivity index (χ0v) is 12.5. The normalized spacial score (nSPS) is 15.6. The molecule has 112 valence electrons. The van der Waals surface area contributed by atoms with Gasteiger partial charge in [-0.3, -0.25) is 4.79 Å². The lowest BCUT2D eigenvalue weighted by molar-refractivity contribution is -0.142. The number of carbonyl (C=O) groups excluding carboxylic acids is 1. The van der Waals surface area contributed by atoms with Crippen LogP contribution in [0.1, 0.15) is 27.2 Å². The minimum Gasteiger partial charge on any atom is -0.480 e. The molecule has 2 atom stereocenters. The SMILES string of the molecule is CC(C)(C)[C@@H](N)C(=O)NC(CCS(C)(=O)=O)C(=O)O. The van der Waals surface area contributed by atoms with Crippen molar-refractivity contribution in [3.8, 4) is 0 Å². The van der Waals surface area contributed by atoms with Crippen LogP contribution >= 0.6 is 0 Å². The molecule has 8 heteroatoms. The summed E-state index contributed by atoms with van der Waals surface area (Å²) in [6.45, 7) is 5.26. The van der Waals surface area contributed by atoms with E-state index in [0.717, 1.165) is 6.26 Å². The Morgan fingerprint density at radius 3 is 2.11 bits per heavy atom. The first kappa shape index (κ1) is 17.8. The minimum atomic E-state index is -3.28.